The first-order valence-corrected chi connectivity index (χ1v) is 10.2. The molecular formula is C23H24ClN3. The molecule has 3 atom stereocenters. The molecule has 3 unspecified atom stereocenters. The zero-order valence-corrected chi connectivity index (χ0v) is 16.1. The molecule has 2 bridgehead atoms. The maximum atomic E-state index is 6.40. The average molecular weight is 378 g/mol. The van der Waals surface area contributed by atoms with E-state index in [-0.39, 0.29) is 0 Å². The Hall–Kier alpha value is -1.94. The molecule has 3 aromatic rings. The molecule has 3 nitrogen and oxygen atoms in total. The lowest BCUT2D eigenvalue weighted by Crippen LogP contribution is -2.39. The highest BCUT2D eigenvalue weighted by Crippen LogP contribution is 2.46. The fraction of sp³-hybridized carbons (Fsp3) is 0.348. The van der Waals surface area contributed by atoms with E-state index in [0.717, 1.165) is 29.6 Å². The summed E-state index contributed by atoms with van der Waals surface area (Å²) in [7, 11) is 0. The summed E-state index contributed by atoms with van der Waals surface area (Å²) < 4.78 is 0. The molecule has 3 heterocycles. The molecule has 1 aromatic heterocycles. The van der Waals surface area contributed by atoms with Gasteiger partial charge in [-0.1, -0.05) is 60.1 Å². The molecule has 0 radical (unpaired) electrons. The maximum absolute atomic E-state index is 6.40. The first-order valence-electron chi connectivity index (χ1n) is 9.78. The van der Waals surface area contributed by atoms with Crippen LogP contribution in [0.3, 0.4) is 0 Å². The van der Waals surface area contributed by atoms with Crippen LogP contribution in [0, 0.1) is 0 Å². The van der Waals surface area contributed by atoms with Crippen LogP contribution in [0.15, 0.2) is 60.7 Å². The molecule has 1 N–H and O–H groups in total. The monoisotopic (exact) mass is 377 g/mol. The van der Waals surface area contributed by atoms with Gasteiger partial charge in [-0.25, -0.2) is 4.98 Å². The van der Waals surface area contributed by atoms with Crippen LogP contribution in [0.25, 0.3) is 10.9 Å². The molecule has 0 amide bonds. The van der Waals surface area contributed by atoms with Gasteiger partial charge < -0.3 is 5.32 Å². The molecule has 4 heteroatoms. The molecule has 5 rings (SSSR count). The highest BCUT2D eigenvalue weighted by atomic mass is 35.5. The molecule has 2 saturated heterocycles. The topological polar surface area (TPSA) is 28.2 Å². The van der Waals surface area contributed by atoms with Crippen LogP contribution in [0.5, 0.6) is 0 Å². The summed E-state index contributed by atoms with van der Waals surface area (Å²) >= 11 is 6.40. The normalized spacial score (nSPS) is 26.7. The van der Waals surface area contributed by atoms with Crippen molar-refractivity contribution in [1.82, 2.24) is 15.2 Å². The van der Waals surface area contributed by atoms with Gasteiger partial charge in [-0.3, -0.25) is 4.90 Å². The van der Waals surface area contributed by atoms with E-state index < -0.39 is 0 Å². The van der Waals surface area contributed by atoms with E-state index >= 15 is 0 Å². The van der Waals surface area contributed by atoms with Crippen molar-refractivity contribution in [2.24, 2.45) is 0 Å². The van der Waals surface area contributed by atoms with Crippen molar-refractivity contribution in [2.45, 2.75) is 30.8 Å². The molecule has 138 valence electrons. The van der Waals surface area contributed by atoms with Crippen molar-refractivity contribution < 1.29 is 0 Å². The third-order valence-electron chi connectivity index (χ3n) is 6.36. The Kier molecular flexibility index (Phi) is 4.39. The highest BCUT2D eigenvalue weighted by Gasteiger charge is 2.49. The van der Waals surface area contributed by atoms with Crippen molar-refractivity contribution in [3.05, 3.63) is 76.9 Å². The lowest BCUT2D eigenvalue weighted by molar-refractivity contribution is 0.250. The number of pyridine rings is 1. The van der Waals surface area contributed by atoms with Gasteiger partial charge >= 0.3 is 0 Å². The predicted octanol–water partition coefficient (Wildman–Crippen LogP) is 4.39. The minimum absolute atomic E-state index is 0.357. The minimum Gasteiger partial charge on any atom is -0.311 e. The summed E-state index contributed by atoms with van der Waals surface area (Å²) in [6.45, 7) is 4.16. The van der Waals surface area contributed by atoms with Gasteiger partial charge in [0.2, 0.25) is 0 Å². The zero-order valence-electron chi connectivity index (χ0n) is 15.4. The van der Waals surface area contributed by atoms with Crippen LogP contribution in [-0.2, 0) is 12.0 Å². The zero-order chi connectivity index (χ0) is 18.3. The van der Waals surface area contributed by atoms with Gasteiger partial charge in [0, 0.05) is 42.0 Å². The minimum atomic E-state index is 0.357. The van der Waals surface area contributed by atoms with Crippen LogP contribution in [-0.4, -0.2) is 35.6 Å². The number of hydrogen-bond donors (Lipinski definition) is 1. The van der Waals surface area contributed by atoms with Crippen molar-refractivity contribution in [3.8, 4) is 0 Å². The Labute approximate surface area is 165 Å². The van der Waals surface area contributed by atoms with Gasteiger partial charge in [0.05, 0.1) is 5.52 Å². The van der Waals surface area contributed by atoms with Gasteiger partial charge in [-0.05, 0) is 37.1 Å². The number of halogens is 1. The van der Waals surface area contributed by atoms with Crippen LogP contribution in [0.1, 0.15) is 24.0 Å². The van der Waals surface area contributed by atoms with Crippen LogP contribution >= 0.6 is 11.6 Å². The summed E-state index contributed by atoms with van der Waals surface area (Å²) in [5.41, 5.74) is 3.90. The number of nitrogens with one attached hydrogen (secondary N) is 1. The number of fused-ring (bicyclic) bond motifs is 3. The summed E-state index contributed by atoms with van der Waals surface area (Å²) in [5.74, 6) is 0. The number of para-hydroxylation sites is 1. The van der Waals surface area contributed by atoms with Crippen molar-refractivity contribution in [1.29, 1.82) is 0 Å². The fourth-order valence-corrected chi connectivity index (χ4v) is 5.16. The smallest absolute Gasteiger partial charge is 0.134 e. The van der Waals surface area contributed by atoms with E-state index in [9.17, 15) is 0 Å². The van der Waals surface area contributed by atoms with Gasteiger partial charge in [-0.2, -0.15) is 0 Å². The first-order chi connectivity index (χ1) is 13.2. The Bertz CT molecular complexity index is 958. The summed E-state index contributed by atoms with van der Waals surface area (Å²) in [4.78, 5) is 7.18. The second-order valence-electron chi connectivity index (χ2n) is 7.99. The lowest BCUT2D eigenvalue weighted by atomic mass is 9.76. The Balaban J connectivity index is 1.25. The molecule has 2 aliphatic rings. The number of piperidine rings is 1. The molecular weight excluding hydrogens is 354 g/mol. The SMILES string of the molecule is Clc1nc2ccccc2cc1CNCC1CC2(c3ccccc3)CCN1C2. The van der Waals surface area contributed by atoms with Crippen molar-refractivity contribution >= 4 is 22.5 Å². The van der Waals surface area contributed by atoms with E-state index in [4.69, 9.17) is 11.6 Å². The molecule has 0 saturated carbocycles. The van der Waals surface area contributed by atoms with Crippen molar-refractivity contribution in [3.63, 3.8) is 0 Å². The number of hydrogen-bond acceptors (Lipinski definition) is 3. The van der Waals surface area contributed by atoms with Gasteiger partial charge in [0.25, 0.3) is 0 Å². The lowest BCUT2D eigenvalue weighted by Gasteiger charge is -2.30. The average Bonchev–Trinajstić information content (AvgIpc) is 3.29. The molecule has 2 aliphatic heterocycles. The second-order valence-corrected chi connectivity index (χ2v) is 8.34. The van der Waals surface area contributed by atoms with Gasteiger partial charge in [-0.15, -0.1) is 0 Å². The number of nitrogens with zero attached hydrogens (tertiary/aromatic N) is 2. The maximum Gasteiger partial charge on any atom is 0.134 e. The van der Waals surface area contributed by atoms with E-state index in [1.54, 1.807) is 0 Å². The van der Waals surface area contributed by atoms with Gasteiger partial charge in [0.15, 0.2) is 0 Å². The Morgan fingerprint density at radius 2 is 1.93 bits per heavy atom. The quantitative estimate of drug-likeness (QED) is 0.668. The number of aromatic nitrogens is 1. The molecule has 2 aromatic carbocycles. The van der Waals surface area contributed by atoms with E-state index in [0.29, 0.717) is 16.6 Å². The third kappa shape index (κ3) is 3.14. The summed E-state index contributed by atoms with van der Waals surface area (Å²) in [6.07, 6.45) is 2.53. The Morgan fingerprint density at radius 1 is 1.11 bits per heavy atom. The van der Waals surface area contributed by atoms with E-state index in [2.05, 4.69) is 57.7 Å². The van der Waals surface area contributed by atoms with E-state index in [1.165, 1.54) is 31.5 Å². The number of rotatable bonds is 5. The Morgan fingerprint density at radius 3 is 2.81 bits per heavy atom. The first kappa shape index (κ1) is 17.2. The fourth-order valence-electron chi connectivity index (χ4n) is 4.94. The van der Waals surface area contributed by atoms with Gasteiger partial charge in [0.1, 0.15) is 5.15 Å². The predicted molar refractivity (Wildman–Crippen MR) is 111 cm³/mol. The van der Waals surface area contributed by atoms with Crippen LogP contribution in [0.4, 0.5) is 0 Å². The third-order valence-corrected chi connectivity index (χ3v) is 6.68. The molecule has 0 aliphatic carbocycles. The van der Waals surface area contributed by atoms with Crippen molar-refractivity contribution in [2.75, 3.05) is 19.6 Å². The molecule has 27 heavy (non-hydrogen) atoms. The largest absolute Gasteiger partial charge is 0.311 e. The highest BCUT2D eigenvalue weighted by molar-refractivity contribution is 6.30. The van der Waals surface area contributed by atoms with Crippen LogP contribution < -0.4 is 5.32 Å². The molecule has 0 spiro atoms. The summed E-state index contributed by atoms with van der Waals surface area (Å²) in [5, 5.41) is 5.39. The second kappa shape index (κ2) is 6.90. The summed E-state index contributed by atoms with van der Waals surface area (Å²) in [6, 6.07) is 22.0. The van der Waals surface area contributed by atoms with Crippen LogP contribution in [0.2, 0.25) is 5.15 Å². The molecule has 2 fully saturated rings. The standard InChI is InChI=1S/C23H24ClN3/c24-22-18(12-17-6-4-5-9-21(17)26-22)14-25-15-20-13-23(10-11-27(20)16-23)19-7-2-1-3-8-19/h1-9,12,20,25H,10-11,13-16H2. The number of benzene rings is 2. The van der Waals surface area contributed by atoms with E-state index in [1.807, 2.05) is 18.2 Å².